The van der Waals surface area contributed by atoms with Crippen LogP contribution in [-0.4, -0.2) is 16.5 Å². The minimum Gasteiger partial charge on any atom is -0.330 e. The molecule has 0 fully saturated rings. The number of nitrogens with two attached hydrogens (primary N) is 1. The van der Waals surface area contributed by atoms with Crippen LogP contribution in [0.4, 0.5) is 0 Å². The van der Waals surface area contributed by atoms with Crippen molar-refractivity contribution in [2.45, 2.75) is 6.42 Å². The maximum Gasteiger partial charge on any atom is 0.115 e. The smallest absolute Gasteiger partial charge is 0.115 e. The molecular weight excluding hydrogens is 114 g/mol. The summed E-state index contributed by atoms with van der Waals surface area (Å²) in [6.45, 7) is 0.660. The molecule has 0 saturated carbocycles. The van der Waals surface area contributed by atoms with Crippen LogP contribution in [0.15, 0.2) is 18.7 Å². The van der Waals surface area contributed by atoms with Crippen molar-refractivity contribution in [3.05, 3.63) is 24.3 Å². The van der Waals surface area contributed by atoms with E-state index in [9.17, 15) is 0 Å². The highest BCUT2D eigenvalue weighted by Gasteiger charge is 1.86. The molecule has 48 valence electrons. The number of hydrogen-bond donors (Lipinski definition) is 1. The topological polar surface area (TPSA) is 51.8 Å². The van der Waals surface area contributed by atoms with Gasteiger partial charge in [-0.1, -0.05) is 0 Å². The Bertz CT molecular complexity index is 161. The van der Waals surface area contributed by atoms with Crippen molar-refractivity contribution in [1.29, 1.82) is 0 Å². The predicted molar refractivity (Wildman–Crippen MR) is 34.8 cm³/mol. The third kappa shape index (κ3) is 1.77. The highest BCUT2D eigenvalue weighted by atomic mass is 14.8. The normalized spacial score (nSPS) is 9.44. The van der Waals surface area contributed by atoms with Gasteiger partial charge in [0.1, 0.15) is 6.33 Å². The zero-order valence-corrected chi connectivity index (χ0v) is 5.12. The van der Waals surface area contributed by atoms with E-state index in [4.69, 9.17) is 5.73 Å². The molecule has 0 aliphatic carbocycles. The van der Waals surface area contributed by atoms with E-state index in [1.165, 1.54) is 6.33 Å². The molecular formula is C6H9N3. The van der Waals surface area contributed by atoms with E-state index in [0.29, 0.717) is 6.54 Å². The predicted octanol–water partition coefficient (Wildman–Crippen LogP) is -0.0222. The Hall–Kier alpha value is -0.960. The number of rotatable bonds is 2. The minimum atomic E-state index is 0.660. The molecule has 0 unspecified atom stereocenters. The summed E-state index contributed by atoms with van der Waals surface area (Å²) in [5.41, 5.74) is 6.40. The van der Waals surface area contributed by atoms with E-state index in [-0.39, 0.29) is 0 Å². The Morgan fingerprint density at radius 3 is 2.56 bits per heavy atom. The van der Waals surface area contributed by atoms with Crippen molar-refractivity contribution in [2.24, 2.45) is 5.73 Å². The zero-order valence-electron chi connectivity index (χ0n) is 5.12. The Balaban J connectivity index is 2.61. The minimum absolute atomic E-state index is 0.660. The molecule has 0 bridgehead atoms. The van der Waals surface area contributed by atoms with Crippen LogP contribution < -0.4 is 5.73 Å². The second-order valence-electron chi connectivity index (χ2n) is 1.79. The summed E-state index contributed by atoms with van der Waals surface area (Å²) in [6, 6.07) is 0. The van der Waals surface area contributed by atoms with Crippen LogP contribution in [0.3, 0.4) is 0 Å². The van der Waals surface area contributed by atoms with Gasteiger partial charge in [-0.3, -0.25) is 0 Å². The van der Waals surface area contributed by atoms with Gasteiger partial charge in [0.2, 0.25) is 0 Å². The first kappa shape index (κ1) is 6.16. The molecule has 0 aliphatic rings. The van der Waals surface area contributed by atoms with E-state index in [1.807, 2.05) is 0 Å². The van der Waals surface area contributed by atoms with Gasteiger partial charge >= 0.3 is 0 Å². The van der Waals surface area contributed by atoms with Crippen LogP contribution in [0.5, 0.6) is 0 Å². The number of aromatic nitrogens is 2. The van der Waals surface area contributed by atoms with Crippen molar-refractivity contribution in [3.8, 4) is 0 Å². The molecule has 1 heterocycles. The molecule has 3 heteroatoms. The monoisotopic (exact) mass is 123 g/mol. The quantitative estimate of drug-likeness (QED) is 0.601. The number of nitrogens with zero attached hydrogens (tertiary/aromatic N) is 2. The molecule has 0 atom stereocenters. The summed E-state index contributed by atoms with van der Waals surface area (Å²) in [6.07, 6.45) is 5.93. The summed E-state index contributed by atoms with van der Waals surface area (Å²) >= 11 is 0. The average molecular weight is 123 g/mol. The summed E-state index contributed by atoms with van der Waals surface area (Å²) in [7, 11) is 0. The van der Waals surface area contributed by atoms with E-state index in [1.54, 1.807) is 12.4 Å². The first-order chi connectivity index (χ1) is 4.43. The Morgan fingerprint density at radius 2 is 2.00 bits per heavy atom. The van der Waals surface area contributed by atoms with Gasteiger partial charge in [-0.05, 0) is 18.5 Å². The second-order valence-corrected chi connectivity index (χ2v) is 1.79. The molecule has 2 N–H and O–H groups in total. The van der Waals surface area contributed by atoms with E-state index >= 15 is 0 Å². The van der Waals surface area contributed by atoms with Gasteiger partial charge in [-0.2, -0.15) is 0 Å². The van der Waals surface area contributed by atoms with Crippen LogP contribution in [0.1, 0.15) is 5.56 Å². The lowest BCUT2D eigenvalue weighted by Crippen LogP contribution is -2.02. The SMILES string of the molecule is NCCc1cncnc1. The van der Waals surface area contributed by atoms with E-state index < -0.39 is 0 Å². The molecule has 0 aromatic carbocycles. The molecule has 1 aromatic rings. The molecule has 1 rings (SSSR count). The molecule has 1 aromatic heterocycles. The van der Waals surface area contributed by atoms with Crippen LogP contribution >= 0.6 is 0 Å². The van der Waals surface area contributed by atoms with Gasteiger partial charge in [0.25, 0.3) is 0 Å². The van der Waals surface area contributed by atoms with Crippen LogP contribution in [0, 0.1) is 0 Å². The van der Waals surface area contributed by atoms with E-state index in [2.05, 4.69) is 9.97 Å². The van der Waals surface area contributed by atoms with Crippen LogP contribution in [-0.2, 0) is 6.42 Å². The van der Waals surface area contributed by atoms with E-state index in [0.717, 1.165) is 12.0 Å². The molecule has 0 spiro atoms. The molecule has 0 amide bonds. The highest BCUT2D eigenvalue weighted by Crippen LogP contribution is 1.90. The van der Waals surface area contributed by atoms with Gasteiger partial charge < -0.3 is 5.73 Å². The summed E-state index contributed by atoms with van der Waals surface area (Å²) in [4.78, 5) is 7.67. The Morgan fingerprint density at radius 1 is 1.33 bits per heavy atom. The van der Waals surface area contributed by atoms with Gasteiger partial charge in [-0.15, -0.1) is 0 Å². The van der Waals surface area contributed by atoms with Crippen molar-refractivity contribution in [1.82, 2.24) is 9.97 Å². The fourth-order valence-corrected chi connectivity index (χ4v) is 0.626. The molecule has 3 nitrogen and oxygen atoms in total. The maximum atomic E-state index is 5.30. The largest absolute Gasteiger partial charge is 0.330 e. The fourth-order valence-electron chi connectivity index (χ4n) is 0.626. The molecule has 0 aliphatic heterocycles. The third-order valence-electron chi connectivity index (χ3n) is 1.05. The van der Waals surface area contributed by atoms with Crippen molar-refractivity contribution < 1.29 is 0 Å². The third-order valence-corrected chi connectivity index (χ3v) is 1.05. The Kier molecular flexibility index (Phi) is 2.15. The lowest BCUT2D eigenvalue weighted by Gasteiger charge is -1.92. The standard InChI is InChI=1S/C6H9N3/c7-2-1-6-3-8-5-9-4-6/h3-5H,1-2,7H2. The summed E-state index contributed by atoms with van der Waals surface area (Å²) in [5, 5.41) is 0. The average Bonchev–Trinajstić information content (AvgIpc) is 1.91. The lowest BCUT2D eigenvalue weighted by atomic mass is 10.2. The summed E-state index contributed by atoms with van der Waals surface area (Å²) < 4.78 is 0. The molecule has 9 heavy (non-hydrogen) atoms. The fraction of sp³-hybridized carbons (Fsp3) is 0.333. The molecule has 0 saturated heterocycles. The van der Waals surface area contributed by atoms with Crippen molar-refractivity contribution in [2.75, 3.05) is 6.54 Å². The maximum absolute atomic E-state index is 5.30. The van der Waals surface area contributed by atoms with Crippen LogP contribution in [0.25, 0.3) is 0 Å². The number of hydrogen-bond acceptors (Lipinski definition) is 3. The van der Waals surface area contributed by atoms with Crippen molar-refractivity contribution >= 4 is 0 Å². The lowest BCUT2D eigenvalue weighted by molar-refractivity contribution is 0.941. The summed E-state index contributed by atoms with van der Waals surface area (Å²) in [5.74, 6) is 0. The Labute approximate surface area is 53.9 Å². The second kappa shape index (κ2) is 3.14. The zero-order chi connectivity index (χ0) is 6.53. The van der Waals surface area contributed by atoms with Crippen molar-refractivity contribution in [3.63, 3.8) is 0 Å². The first-order valence-corrected chi connectivity index (χ1v) is 2.87. The van der Waals surface area contributed by atoms with Gasteiger partial charge in [-0.25, -0.2) is 9.97 Å². The highest BCUT2D eigenvalue weighted by molar-refractivity contribution is 5.02. The molecule has 0 radical (unpaired) electrons. The van der Waals surface area contributed by atoms with Crippen LogP contribution in [0.2, 0.25) is 0 Å². The van der Waals surface area contributed by atoms with Gasteiger partial charge in [0, 0.05) is 12.4 Å². The van der Waals surface area contributed by atoms with Gasteiger partial charge in [0.05, 0.1) is 0 Å². The van der Waals surface area contributed by atoms with Gasteiger partial charge in [0.15, 0.2) is 0 Å². The first-order valence-electron chi connectivity index (χ1n) is 2.87.